The highest BCUT2D eigenvalue weighted by molar-refractivity contribution is 6.32. The molecule has 0 aromatic heterocycles. The van der Waals surface area contributed by atoms with Crippen LogP contribution >= 0.6 is 11.6 Å². The molecule has 3 nitrogen and oxygen atoms in total. The molecule has 1 aliphatic heterocycles. The number of hydrogen-bond donors (Lipinski definition) is 2. The summed E-state index contributed by atoms with van der Waals surface area (Å²) in [6, 6.07) is 4.32. The Morgan fingerprint density at radius 2 is 2.15 bits per heavy atom. The third kappa shape index (κ3) is 4.23. The van der Waals surface area contributed by atoms with Gasteiger partial charge < -0.3 is 15.8 Å². The molecule has 2 rings (SSSR count). The predicted octanol–water partition coefficient (Wildman–Crippen LogP) is 3.19. The van der Waals surface area contributed by atoms with E-state index in [0.717, 1.165) is 18.5 Å². The molecule has 20 heavy (non-hydrogen) atoms. The molecule has 3 N–H and O–H groups in total. The number of nitrogens with two attached hydrogens (primary N) is 1. The Morgan fingerprint density at radius 3 is 2.70 bits per heavy atom. The lowest BCUT2D eigenvalue weighted by Gasteiger charge is -2.12. The van der Waals surface area contributed by atoms with Crippen molar-refractivity contribution in [2.45, 2.75) is 19.2 Å². The number of halogens is 4. The van der Waals surface area contributed by atoms with Gasteiger partial charge in [0.1, 0.15) is 5.75 Å². The average Bonchev–Trinajstić information content (AvgIpc) is 2.74. The Balaban J connectivity index is 1.95. The quantitative estimate of drug-likeness (QED) is 0.898. The lowest BCUT2D eigenvalue weighted by Crippen LogP contribution is -2.17. The molecule has 7 heteroatoms. The van der Waals surface area contributed by atoms with Crippen molar-refractivity contribution in [1.82, 2.24) is 5.32 Å². The maximum atomic E-state index is 12.1. The molecule has 0 spiro atoms. The van der Waals surface area contributed by atoms with E-state index < -0.39 is 6.36 Å². The Bertz CT molecular complexity index is 517. The SMILES string of the molecule is NC1=C[C@H](CCc2ccc(OC(F)(F)F)c(Cl)c2)CN1. The van der Waals surface area contributed by atoms with Gasteiger partial charge in [-0.25, -0.2) is 0 Å². The highest BCUT2D eigenvalue weighted by Gasteiger charge is 2.32. The molecule has 0 unspecified atom stereocenters. The van der Waals surface area contributed by atoms with Crippen molar-refractivity contribution in [3.63, 3.8) is 0 Å². The van der Waals surface area contributed by atoms with Gasteiger partial charge >= 0.3 is 6.36 Å². The minimum atomic E-state index is -4.73. The maximum absolute atomic E-state index is 12.1. The first-order chi connectivity index (χ1) is 9.33. The van der Waals surface area contributed by atoms with Crippen LogP contribution in [0.3, 0.4) is 0 Å². The molecule has 0 bridgehead atoms. The molecule has 0 aliphatic carbocycles. The number of hydrogen-bond acceptors (Lipinski definition) is 3. The normalized spacial score (nSPS) is 18.6. The van der Waals surface area contributed by atoms with Crippen molar-refractivity contribution in [3.05, 3.63) is 40.7 Å². The van der Waals surface area contributed by atoms with Crippen molar-refractivity contribution in [1.29, 1.82) is 0 Å². The van der Waals surface area contributed by atoms with Gasteiger partial charge in [-0.2, -0.15) is 0 Å². The fourth-order valence-corrected chi connectivity index (χ4v) is 2.31. The van der Waals surface area contributed by atoms with Gasteiger partial charge in [-0.1, -0.05) is 17.7 Å². The molecule has 0 fully saturated rings. The van der Waals surface area contributed by atoms with E-state index in [4.69, 9.17) is 17.3 Å². The second-order valence-corrected chi connectivity index (χ2v) is 5.02. The van der Waals surface area contributed by atoms with Crippen LogP contribution in [0.1, 0.15) is 12.0 Å². The van der Waals surface area contributed by atoms with Gasteiger partial charge in [-0.05, 0) is 42.5 Å². The third-order valence-corrected chi connectivity index (χ3v) is 3.30. The zero-order valence-corrected chi connectivity index (χ0v) is 11.3. The first kappa shape index (κ1) is 14.8. The Hall–Kier alpha value is -1.56. The van der Waals surface area contributed by atoms with Crippen LogP contribution in [0.15, 0.2) is 30.1 Å². The third-order valence-electron chi connectivity index (χ3n) is 3.01. The lowest BCUT2D eigenvalue weighted by atomic mass is 10.0. The molecule has 1 heterocycles. The van der Waals surface area contributed by atoms with Gasteiger partial charge in [0, 0.05) is 6.54 Å². The van der Waals surface area contributed by atoms with E-state index in [1.165, 1.54) is 12.1 Å². The van der Waals surface area contributed by atoms with Gasteiger partial charge in [0.05, 0.1) is 10.8 Å². The zero-order chi connectivity index (χ0) is 14.8. The van der Waals surface area contributed by atoms with Crippen LogP contribution in [0, 0.1) is 5.92 Å². The Labute approximate surface area is 119 Å². The van der Waals surface area contributed by atoms with Gasteiger partial charge in [0.25, 0.3) is 0 Å². The summed E-state index contributed by atoms with van der Waals surface area (Å²) < 4.78 is 40.1. The van der Waals surface area contributed by atoms with E-state index in [1.807, 2.05) is 6.08 Å². The van der Waals surface area contributed by atoms with E-state index in [-0.39, 0.29) is 10.8 Å². The first-order valence-corrected chi connectivity index (χ1v) is 6.46. The molecule has 1 aromatic rings. The van der Waals surface area contributed by atoms with Crippen LogP contribution in [0.4, 0.5) is 13.2 Å². The van der Waals surface area contributed by atoms with E-state index in [9.17, 15) is 13.2 Å². The summed E-state index contributed by atoms with van der Waals surface area (Å²) in [6.07, 6.45) is -1.22. The maximum Gasteiger partial charge on any atom is 0.573 e. The minimum absolute atomic E-state index is 0.0422. The molecule has 0 saturated carbocycles. The number of aryl methyl sites for hydroxylation is 1. The van der Waals surface area contributed by atoms with Crippen LogP contribution in [-0.4, -0.2) is 12.9 Å². The van der Waals surface area contributed by atoms with Crippen molar-refractivity contribution in [2.24, 2.45) is 11.7 Å². The van der Waals surface area contributed by atoms with Crippen molar-refractivity contribution >= 4 is 11.6 Å². The van der Waals surface area contributed by atoms with Crippen LogP contribution in [-0.2, 0) is 6.42 Å². The average molecular weight is 307 g/mol. The molecule has 1 atom stereocenters. The van der Waals surface area contributed by atoms with Gasteiger partial charge in [-0.15, -0.1) is 13.2 Å². The lowest BCUT2D eigenvalue weighted by molar-refractivity contribution is -0.274. The topological polar surface area (TPSA) is 47.3 Å². The van der Waals surface area contributed by atoms with E-state index in [1.54, 1.807) is 6.07 Å². The first-order valence-electron chi connectivity index (χ1n) is 6.09. The van der Waals surface area contributed by atoms with Gasteiger partial charge in [-0.3, -0.25) is 0 Å². The number of rotatable bonds is 4. The van der Waals surface area contributed by atoms with E-state index in [0.29, 0.717) is 18.2 Å². The highest BCUT2D eigenvalue weighted by Crippen LogP contribution is 2.31. The molecule has 0 amide bonds. The monoisotopic (exact) mass is 306 g/mol. The van der Waals surface area contributed by atoms with E-state index in [2.05, 4.69) is 10.1 Å². The van der Waals surface area contributed by atoms with Crippen LogP contribution in [0.25, 0.3) is 0 Å². The number of ether oxygens (including phenoxy) is 1. The summed E-state index contributed by atoms with van der Waals surface area (Å²) in [7, 11) is 0. The summed E-state index contributed by atoms with van der Waals surface area (Å²) >= 11 is 5.78. The summed E-state index contributed by atoms with van der Waals surface area (Å²) in [6.45, 7) is 0.787. The predicted molar refractivity (Wildman–Crippen MR) is 70.2 cm³/mol. The van der Waals surface area contributed by atoms with E-state index >= 15 is 0 Å². The summed E-state index contributed by atoms with van der Waals surface area (Å²) in [5, 5.41) is 2.98. The molecule has 110 valence electrons. The Kier molecular flexibility index (Phi) is 4.32. The van der Waals surface area contributed by atoms with Crippen molar-refractivity contribution in [3.8, 4) is 5.75 Å². The summed E-state index contributed by atoms with van der Waals surface area (Å²) in [5.41, 5.74) is 6.47. The zero-order valence-electron chi connectivity index (χ0n) is 10.5. The fourth-order valence-electron chi connectivity index (χ4n) is 2.07. The molecule has 1 aliphatic rings. The molecule has 0 saturated heterocycles. The molecular formula is C13H14ClF3N2O. The van der Waals surface area contributed by atoms with Gasteiger partial charge in [0.15, 0.2) is 0 Å². The smallest absolute Gasteiger partial charge is 0.404 e. The van der Waals surface area contributed by atoms with Crippen LogP contribution in [0.5, 0.6) is 5.75 Å². The van der Waals surface area contributed by atoms with Crippen LogP contribution < -0.4 is 15.8 Å². The van der Waals surface area contributed by atoms with Gasteiger partial charge in [0.2, 0.25) is 0 Å². The van der Waals surface area contributed by atoms with Crippen LogP contribution in [0.2, 0.25) is 5.02 Å². The van der Waals surface area contributed by atoms with Crippen molar-refractivity contribution < 1.29 is 17.9 Å². The number of alkyl halides is 3. The minimum Gasteiger partial charge on any atom is -0.404 e. The van der Waals surface area contributed by atoms with Crippen molar-refractivity contribution in [2.75, 3.05) is 6.54 Å². The second kappa shape index (κ2) is 5.83. The summed E-state index contributed by atoms with van der Waals surface area (Å²) in [4.78, 5) is 0. The Morgan fingerprint density at radius 1 is 1.40 bits per heavy atom. The molecule has 0 radical (unpaired) electrons. The number of benzene rings is 1. The highest BCUT2D eigenvalue weighted by atomic mass is 35.5. The standard InChI is InChI=1S/C13H14ClF3N2O/c14-10-5-8(1-2-9-6-12(18)19-7-9)3-4-11(10)20-13(15,16)17/h3-6,9,19H,1-2,7,18H2/t9-/m0/s1. The summed E-state index contributed by atoms with van der Waals surface area (Å²) in [5.74, 6) is 0.622. The fraction of sp³-hybridized carbons (Fsp3) is 0.385. The number of nitrogens with one attached hydrogen (secondary N) is 1. The largest absolute Gasteiger partial charge is 0.573 e. The molecule has 1 aromatic carbocycles. The second-order valence-electron chi connectivity index (χ2n) is 4.61. The molecular weight excluding hydrogens is 293 g/mol.